The monoisotopic (exact) mass is 446 g/mol. The first-order valence-corrected chi connectivity index (χ1v) is 12.6. The molecule has 1 unspecified atom stereocenters. The molecule has 1 aliphatic heterocycles. The predicted octanol–water partition coefficient (Wildman–Crippen LogP) is 2.99. The number of benzene rings is 1. The summed E-state index contributed by atoms with van der Waals surface area (Å²) < 4.78 is 31.9. The Kier molecular flexibility index (Phi) is 4.78. The third-order valence-electron chi connectivity index (χ3n) is 5.79. The molecule has 8 nitrogen and oxygen atoms in total. The lowest BCUT2D eigenvalue weighted by Gasteiger charge is -2.17. The summed E-state index contributed by atoms with van der Waals surface area (Å²) in [6.45, 7) is 0. The Balaban J connectivity index is 1.45. The Morgan fingerprint density at radius 2 is 2.13 bits per heavy atom. The Hall–Kier alpha value is -2.46. The van der Waals surface area contributed by atoms with Gasteiger partial charge in [0.1, 0.15) is 5.75 Å². The van der Waals surface area contributed by atoms with Gasteiger partial charge in [0.25, 0.3) is 5.91 Å². The van der Waals surface area contributed by atoms with Gasteiger partial charge in [-0.2, -0.15) is 5.10 Å². The molecule has 1 atom stereocenters. The van der Waals surface area contributed by atoms with Gasteiger partial charge >= 0.3 is 0 Å². The zero-order valence-corrected chi connectivity index (χ0v) is 18.2. The summed E-state index contributed by atoms with van der Waals surface area (Å²) >= 11 is 1.38. The van der Waals surface area contributed by atoms with Crippen LogP contribution in [0.2, 0.25) is 0 Å². The Bertz CT molecular complexity index is 1250. The van der Waals surface area contributed by atoms with E-state index in [4.69, 9.17) is 4.74 Å². The molecule has 0 radical (unpaired) electrons. The third kappa shape index (κ3) is 3.47. The smallest absolute Gasteiger partial charge is 0.278 e. The molecule has 1 aromatic carbocycles. The van der Waals surface area contributed by atoms with Crippen LogP contribution in [0.5, 0.6) is 5.75 Å². The van der Waals surface area contributed by atoms with Gasteiger partial charge in [-0.05, 0) is 50.3 Å². The molecule has 3 heterocycles. The fourth-order valence-corrected chi connectivity index (χ4v) is 6.90. The second-order valence-electron chi connectivity index (χ2n) is 7.79. The summed E-state index contributed by atoms with van der Waals surface area (Å²) in [6, 6.07) is 5.40. The molecule has 1 amide bonds. The van der Waals surface area contributed by atoms with E-state index in [0.717, 1.165) is 52.9 Å². The Morgan fingerprint density at radius 3 is 2.90 bits per heavy atom. The number of thiazole rings is 1. The lowest BCUT2D eigenvalue weighted by atomic mass is 9.95. The second kappa shape index (κ2) is 7.35. The molecule has 0 bridgehead atoms. The largest absolute Gasteiger partial charge is 0.497 e. The lowest BCUT2D eigenvalue weighted by molar-refractivity contribution is 0.102. The highest BCUT2D eigenvalue weighted by atomic mass is 32.2. The van der Waals surface area contributed by atoms with Gasteiger partial charge in [-0.1, -0.05) is 11.3 Å². The molecule has 1 aliphatic carbocycles. The molecule has 3 aromatic rings. The minimum atomic E-state index is -3.03. The second-order valence-corrected chi connectivity index (χ2v) is 11.0. The molecule has 2 aliphatic rings. The van der Waals surface area contributed by atoms with Crippen molar-refractivity contribution in [3.8, 4) is 5.75 Å². The van der Waals surface area contributed by atoms with E-state index in [-0.39, 0.29) is 23.5 Å². The summed E-state index contributed by atoms with van der Waals surface area (Å²) in [5, 5.41) is 8.01. The van der Waals surface area contributed by atoms with Crippen LogP contribution in [0.1, 0.15) is 47.1 Å². The van der Waals surface area contributed by atoms with Crippen LogP contribution in [-0.4, -0.2) is 47.7 Å². The SMILES string of the molecule is COc1ccc2nc(NC(=O)c3nn(C4CCS(=O)(=O)C4)c4c3CCCC4)sc2c1. The first-order chi connectivity index (χ1) is 14.4. The van der Waals surface area contributed by atoms with Gasteiger partial charge in [0.2, 0.25) is 0 Å². The number of carbonyl (C=O) groups excluding carboxylic acids is 1. The van der Waals surface area contributed by atoms with Crippen molar-refractivity contribution >= 4 is 42.4 Å². The number of nitrogens with zero attached hydrogens (tertiary/aromatic N) is 3. The molecule has 1 N–H and O–H groups in total. The molecule has 2 aromatic heterocycles. The molecule has 1 fully saturated rings. The first kappa shape index (κ1) is 19.5. The number of rotatable bonds is 4. The fraction of sp³-hybridized carbons (Fsp3) is 0.450. The summed E-state index contributed by atoms with van der Waals surface area (Å²) in [7, 11) is -1.42. The maximum Gasteiger partial charge on any atom is 0.278 e. The van der Waals surface area contributed by atoms with Crippen LogP contribution in [0.25, 0.3) is 10.2 Å². The Morgan fingerprint density at radius 1 is 1.30 bits per heavy atom. The average Bonchev–Trinajstić information content (AvgIpc) is 3.41. The molecule has 158 valence electrons. The zero-order valence-electron chi connectivity index (χ0n) is 16.6. The van der Waals surface area contributed by atoms with Crippen molar-refractivity contribution in [1.82, 2.24) is 14.8 Å². The number of anilines is 1. The number of amides is 1. The molecule has 1 saturated heterocycles. The van der Waals surface area contributed by atoms with E-state index in [1.807, 2.05) is 22.9 Å². The minimum Gasteiger partial charge on any atom is -0.497 e. The predicted molar refractivity (Wildman–Crippen MR) is 115 cm³/mol. The van der Waals surface area contributed by atoms with Gasteiger partial charge in [0.05, 0.1) is 34.9 Å². The number of carbonyl (C=O) groups is 1. The molecular weight excluding hydrogens is 424 g/mol. The van der Waals surface area contributed by atoms with Crippen molar-refractivity contribution in [1.29, 1.82) is 0 Å². The fourth-order valence-electron chi connectivity index (χ4n) is 4.32. The zero-order chi connectivity index (χ0) is 20.9. The van der Waals surface area contributed by atoms with Crippen molar-refractivity contribution in [2.75, 3.05) is 23.9 Å². The van der Waals surface area contributed by atoms with E-state index < -0.39 is 9.84 Å². The number of aromatic nitrogens is 3. The summed E-state index contributed by atoms with van der Waals surface area (Å²) in [5.74, 6) is 0.729. The summed E-state index contributed by atoms with van der Waals surface area (Å²) in [4.78, 5) is 17.6. The van der Waals surface area contributed by atoms with Crippen LogP contribution < -0.4 is 10.1 Å². The maximum absolute atomic E-state index is 13.1. The van der Waals surface area contributed by atoms with E-state index in [1.165, 1.54) is 11.3 Å². The average molecular weight is 447 g/mol. The van der Waals surface area contributed by atoms with Gasteiger partial charge in [-0.25, -0.2) is 13.4 Å². The Labute approximate surface area is 178 Å². The normalized spacial score (nSPS) is 20.2. The molecular formula is C20H22N4O4S2. The van der Waals surface area contributed by atoms with Crippen LogP contribution in [-0.2, 0) is 22.7 Å². The van der Waals surface area contributed by atoms with Gasteiger partial charge < -0.3 is 4.74 Å². The molecule has 30 heavy (non-hydrogen) atoms. The van der Waals surface area contributed by atoms with Crippen molar-refractivity contribution in [2.24, 2.45) is 0 Å². The van der Waals surface area contributed by atoms with Crippen molar-refractivity contribution in [2.45, 2.75) is 38.1 Å². The standard InChI is InChI=1S/C20H22N4O4S2/c1-28-13-6-7-15-17(10-13)29-20(21-15)22-19(25)18-14-4-2-3-5-16(14)24(23-18)12-8-9-30(26,27)11-12/h6-7,10,12H,2-5,8-9,11H2,1H3,(H,21,22,25). The van der Waals surface area contributed by atoms with Crippen molar-refractivity contribution in [3.63, 3.8) is 0 Å². The van der Waals surface area contributed by atoms with Crippen molar-refractivity contribution < 1.29 is 17.9 Å². The van der Waals surface area contributed by atoms with E-state index in [1.54, 1.807) is 7.11 Å². The third-order valence-corrected chi connectivity index (χ3v) is 8.48. The van der Waals surface area contributed by atoms with Crippen LogP contribution in [0, 0.1) is 0 Å². The number of fused-ring (bicyclic) bond motifs is 2. The quantitative estimate of drug-likeness (QED) is 0.661. The molecule has 0 saturated carbocycles. The van der Waals surface area contributed by atoms with Crippen LogP contribution in [0.4, 0.5) is 5.13 Å². The number of sulfone groups is 1. The van der Waals surface area contributed by atoms with Crippen LogP contribution >= 0.6 is 11.3 Å². The molecule has 10 heteroatoms. The van der Waals surface area contributed by atoms with E-state index in [2.05, 4.69) is 15.4 Å². The topological polar surface area (TPSA) is 103 Å². The number of hydrogen-bond acceptors (Lipinski definition) is 7. The summed E-state index contributed by atoms with van der Waals surface area (Å²) in [5.41, 5.74) is 3.15. The highest BCUT2D eigenvalue weighted by Gasteiger charge is 2.34. The van der Waals surface area contributed by atoms with Gasteiger partial charge in [-0.15, -0.1) is 0 Å². The number of ether oxygens (including phenoxy) is 1. The highest BCUT2D eigenvalue weighted by Crippen LogP contribution is 2.33. The maximum atomic E-state index is 13.1. The number of methoxy groups -OCH3 is 1. The highest BCUT2D eigenvalue weighted by molar-refractivity contribution is 7.91. The van der Waals surface area contributed by atoms with E-state index >= 15 is 0 Å². The minimum absolute atomic E-state index is 0.0991. The molecule has 0 spiro atoms. The van der Waals surface area contributed by atoms with Crippen LogP contribution in [0.3, 0.4) is 0 Å². The molecule has 5 rings (SSSR count). The van der Waals surface area contributed by atoms with Gasteiger partial charge in [0.15, 0.2) is 20.7 Å². The number of nitrogens with one attached hydrogen (secondary N) is 1. The van der Waals surface area contributed by atoms with Gasteiger partial charge in [-0.3, -0.25) is 14.8 Å². The van der Waals surface area contributed by atoms with Crippen LogP contribution in [0.15, 0.2) is 18.2 Å². The van der Waals surface area contributed by atoms with Gasteiger partial charge in [0, 0.05) is 11.3 Å². The van der Waals surface area contributed by atoms with E-state index in [0.29, 0.717) is 17.2 Å². The summed E-state index contributed by atoms with van der Waals surface area (Å²) in [6.07, 6.45) is 4.20. The van der Waals surface area contributed by atoms with Crippen molar-refractivity contribution in [3.05, 3.63) is 35.2 Å². The first-order valence-electron chi connectivity index (χ1n) is 10.00. The lowest BCUT2D eigenvalue weighted by Crippen LogP contribution is -2.17. The number of hydrogen-bond donors (Lipinski definition) is 1. The van der Waals surface area contributed by atoms with E-state index in [9.17, 15) is 13.2 Å².